The van der Waals surface area contributed by atoms with E-state index in [4.69, 9.17) is 9.57 Å². The second kappa shape index (κ2) is 9.93. The molecule has 1 unspecified atom stereocenters. The van der Waals surface area contributed by atoms with Crippen LogP contribution in [0.1, 0.15) is 44.9 Å². The lowest BCUT2D eigenvalue weighted by Crippen LogP contribution is -2.37. The molecule has 4 nitrogen and oxygen atoms in total. The maximum Gasteiger partial charge on any atom is 0.119 e. The Kier molecular flexibility index (Phi) is 7.91. The molecule has 0 spiro atoms. The van der Waals surface area contributed by atoms with Crippen molar-refractivity contribution in [2.24, 2.45) is 11.1 Å². The summed E-state index contributed by atoms with van der Waals surface area (Å²) in [5.41, 5.74) is 1.05. The van der Waals surface area contributed by atoms with E-state index in [0.717, 1.165) is 24.4 Å². The van der Waals surface area contributed by atoms with Gasteiger partial charge in [-0.15, -0.1) is 11.3 Å². The Morgan fingerprint density at radius 3 is 2.42 bits per heavy atom. The Morgan fingerprint density at radius 2 is 1.85 bits per heavy atom. The Balaban J connectivity index is 2.32. The van der Waals surface area contributed by atoms with Crippen molar-refractivity contribution in [1.82, 2.24) is 4.90 Å². The first-order valence-corrected chi connectivity index (χ1v) is 10.3. The highest BCUT2D eigenvalue weighted by molar-refractivity contribution is 7.20. The van der Waals surface area contributed by atoms with Gasteiger partial charge in [-0.2, -0.15) is 0 Å². The fourth-order valence-corrected chi connectivity index (χ4v) is 4.61. The third kappa shape index (κ3) is 4.77. The molecule has 0 saturated heterocycles. The molecule has 0 aliphatic rings. The zero-order valence-corrected chi connectivity index (χ0v) is 17.7. The molecule has 0 N–H and O–H groups in total. The van der Waals surface area contributed by atoms with Crippen LogP contribution in [0.15, 0.2) is 29.4 Å². The molecule has 0 amide bonds. The monoisotopic (exact) mass is 376 g/mol. The van der Waals surface area contributed by atoms with Gasteiger partial charge in [-0.1, -0.05) is 25.9 Å². The molecule has 2 aromatic rings. The van der Waals surface area contributed by atoms with Gasteiger partial charge in [0.2, 0.25) is 0 Å². The quantitative estimate of drug-likeness (QED) is 0.411. The average Bonchev–Trinajstić information content (AvgIpc) is 3.08. The molecule has 5 heteroatoms. The first kappa shape index (κ1) is 20.7. The zero-order chi connectivity index (χ0) is 19.1. The van der Waals surface area contributed by atoms with Crippen LogP contribution < -0.4 is 4.74 Å². The van der Waals surface area contributed by atoms with Gasteiger partial charge in [-0.25, -0.2) is 0 Å². The van der Waals surface area contributed by atoms with Gasteiger partial charge in [0, 0.05) is 23.2 Å². The zero-order valence-electron chi connectivity index (χ0n) is 16.9. The molecule has 1 aromatic heterocycles. The highest BCUT2D eigenvalue weighted by Gasteiger charge is 2.23. The standard InChI is InChI=1S/C21H32N2O2S/c1-7-15(14-23(4)17(8-2)9-3)21(22-25-6)20-13-16-12-18(24-5)10-11-19(16)26-20/h10-13,15,17H,7-9,14H2,1-6H3/b22-21+. The van der Waals surface area contributed by atoms with Crippen LogP contribution in [-0.4, -0.2) is 44.5 Å². The van der Waals surface area contributed by atoms with Crippen LogP contribution in [0.4, 0.5) is 0 Å². The largest absolute Gasteiger partial charge is 0.497 e. The van der Waals surface area contributed by atoms with Crippen LogP contribution in [0.5, 0.6) is 5.75 Å². The minimum Gasteiger partial charge on any atom is -0.497 e. The van der Waals surface area contributed by atoms with E-state index in [0.29, 0.717) is 12.0 Å². The number of rotatable bonds is 10. The number of oxime groups is 1. The van der Waals surface area contributed by atoms with Crippen molar-refractivity contribution in [3.63, 3.8) is 0 Å². The molecular formula is C21H32N2O2S. The molecule has 2 rings (SSSR count). The predicted molar refractivity (Wildman–Crippen MR) is 113 cm³/mol. The summed E-state index contributed by atoms with van der Waals surface area (Å²) in [6.07, 6.45) is 3.37. The molecule has 0 saturated carbocycles. The van der Waals surface area contributed by atoms with Crippen molar-refractivity contribution in [1.29, 1.82) is 0 Å². The topological polar surface area (TPSA) is 34.1 Å². The second-order valence-electron chi connectivity index (χ2n) is 6.69. The van der Waals surface area contributed by atoms with Crippen LogP contribution in [0.25, 0.3) is 10.1 Å². The Labute approximate surface area is 161 Å². The normalized spacial score (nSPS) is 13.6. The van der Waals surface area contributed by atoms with Crippen LogP contribution in [0.3, 0.4) is 0 Å². The van der Waals surface area contributed by atoms with Crippen molar-refractivity contribution >= 4 is 27.1 Å². The van der Waals surface area contributed by atoms with E-state index >= 15 is 0 Å². The predicted octanol–water partition coefficient (Wildman–Crippen LogP) is 5.41. The number of nitrogens with zero attached hydrogens (tertiary/aromatic N) is 2. The van der Waals surface area contributed by atoms with Gasteiger partial charge in [0.15, 0.2) is 0 Å². The van der Waals surface area contributed by atoms with E-state index in [9.17, 15) is 0 Å². The van der Waals surface area contributed by atoms with Gasteiger partial charge in [-0.05, 0) is 56.0 Å². The van der Waals surface area contributed by atoms with E-state index in [1.54, 1.807) is 25.6 Å². The van der Waals surface area contributed by atoms with Crippen molar-refractivity contribution in [3.05, 3.63) is 29.1 Å². The van der Waals surface area contributed by atoms with Gasteiger partial charge < -0.3 is 14.5 Å². The maximum absolute atomic E-state index is 5.35. The number of fused-ring (bicyclic) bond motifs is 1. The summed E-state index contributed by atoms with van der Waals surface area (Å²) in [5, 5.41) is 5.63. The lowest BCUT2D eigenvalue weighted by Gasteiger charge is -2.30. The SMILES string of the molecule is CCC(CN(C)C(CC)CC)/C(=N\OC)c1cc2cc(OC)ccc2s1. The number of thiophene rings is 1. The third-order valence-corrected chi connectivity index (χ3v) is 6.26. The van der Waals surface area contributed by atoms with Gasteiger partial charge in [-0.3, -0.25) is 0 Å². The van der Waals surface area contributed by atoms with E-state index < -0.39 is 0 Å². The summed E-state index contributed by atoms with van der Waals surface area (Å²) in [6, 6.07) is 9.02. The Bertz CT molecular complexity index is 722. The van der Waals surface area contributed by atoms with Crippen molar-refractivity contribution in [3.8, 4) is 5.75 Å². The molecule has 144 valence electrons. The molecule has 26 heavy (non-hydrogen) atoms. The number of benzene rings is 1. The first-order valence-electron chi connectivity index (χ1n) is 9.47. The number of ether oxygens (including phenoxy) is 1. The molecule has 0 aliphatic heterocycles. The van der Waals surface area contributed by atoms with E-state index in [1.807, 2.05) is 6.07 Å². The van der Waals surface area contributed by atoms with Crippen molar-refractivity contribution in [2.75, 3.05) is 27.8 Å². The highest BCUT2D eigenvalue weighted by atomic mass is 32.1. The van der Waals surface area contributed by atoms with E-state index in [-0.39, 0.29) is 0 Å². The van der Waals surface area contributed by atoms with Crippen molar-refractivity contribution in [2.45, 2.75) is 46.1 Å². The van der Waals surface area contributed by atoms with Crippen LogP contribution in [0, 0.1) is 5.92 Å². The summed E-state index contributed by atoms with van der Waals surface area (Å²) in [5.74, 6) is 1.23. The summed E-state index contributed by atoms with van der Waals surface area (Å²) in [4.78, 5) is 8.88. The van der Waals surface area contributed by atoms with Crippen LogP contribution >= 0.6 is 11.3 Å². The van der Waals surface area contributed by atoms with Crippen LogP contribution in [-0.2, 0) is 4.84 Å². The second-order valence-corrected chi connectivity index (χ2v) is 7.77. The van der Waals surface area contributed by atoms with E-state index in [2.05, 4.69) is 56.1 Å². The molecule has 0 aliphatic carbocycles. The van der Waals surface area contributed by atoms with Crippen molar-refractivity contribution < 1.29 is 9.57 Å². The molecule has 0 fully saturated rings. The van der Waals surface area contributed by atoms with Gasteiger partial charge >= 0.3 is 0 Å². The van der Waals surface area contributed by atoms with Gasteiger partial charge in [0.1, 0.15) is 18.6 Å². The van der Waals surface area contributed by atoms with E-state index in [1.165, 1.54) is 27.8 Å². The highest BCUT2D eigenvalue weighted by Crippen LogP contribution is 2.31. The molecule has 1 aromatic carbocycles. The smallest absolute Gasteiger partial charge is 0.119 e. The number of hydrogen-bond donors (Lipinski definition) is 0. The number of methoxy groups -OCH3 is 1. The van der Waals surface area contributed by atoms with Gasteiger partial charge in [0.05, 0.1) is 12.0 Å². The molecule has 1 heterocycles. The minimum atomic E-state index is 0.343. The Hall–Kier alpha value is -1.59. The van der Waals surface area contributed by atoms with Gasteiger partial charge in [0.25, 0.3) is 0 Å². The molecule has 0 bridgehead atoms. The number of hydrogen-bond acceptors (Lipinski definition) is 5. The molecule has 0 radical (unpaired) electrons. The maximum atomic E-state index is 5.35. The molecule has 1 atom stereocenters. The summed E-state index contributed by atoms with van der Waals surface area (Å²) in [6.45, 7) is 7.74. The minimum absolute atomic E-state index is 0.343. The average molecular weight is 377 g/mol. The summed E-state index contributed by atoms with van der Waals surface area (Å²) < 4.78 is 6.60. The Morgan fingerprint density at radius 1 is 1.12 bits per heavy atom. The first-order chi connectivity index (χ1) is 12.6. The molecular weight excluding hydrogens is 344 g/mol. The summed E-state index contributed by atoms with van der Waals surface area (Å²) >= 11 is 1.77. The summed E-state index contributed by atoms with van der Waals surface area (Å²) in [7, 11) is 5.56. The van der Waals surface area contributed by atoms with Crippen LogP contribution in [0.2, 0.25) is 0 Å². The fraction of sp³-hybridized carbons (Fsp3) is 0.571. The fourth-order valence-electron chi connectivity index (χ4n) is 3.51. The third-order valence-electron chi connectivity index (χ3n) is 5.12. The lowest BCUT2D eigenvalue weighted by molar-refractivity contribution is 0.197. The lowest BCUT2D eigenvalue weighted by atomic mass is 9.97.